The van der Waals surface area contributed by atoms with Gasteiger partial charge < -0.3 is 25.6 Å². The van der Waals surface area contributed by atoms with Gasteiger partial charge in [-0.25, -0.2) is 4.98 Å². The third kappa shape index (κ3) is 5.84. The van der Waals surface area contributed by atoms with Crippen molar-refractivity contribution in [3.8, 4) is 22.8 Å². The highest BCUT2D eigenvalue weighted by molar-refractivity contribution is 6.00. The van der Waals surface area contributed by atoms with Gasteiger partial charge in [-0.3, -0.25) is 9.59 Å². The van der Waals surface area contributed by atoms with Crippen molar-refractivity contribution < 1.29 is 50.5 Å². The van der Waals surface area contributed by atoms with Gasteiger partial charge in [-0.2, -0.15) is 31.4 Å². The van der Waals surface area contributed by atoms with Crippen LogP contribution in [0.4, 0.5) is 26.3 Å². The van der Waals surface area contributed by atoms with Gasteiger partial charge in [0.05, 0.1) is 29.6 Å². The van der Waals surface area contributed by atoms with Gasteiger partial charge >= 0.3 is 12.4 Å². The molecule has 1 aliphatic heterocycles. The molecule has 16 heteroatoms. The molecule has 1 saturated carbocycles. The fourth-order valence-electron chi connectivity index (χ4n) is 5.27. The lowest BCUT2D eigenvalue weighted by molar-refractivity contribution is -0.265. The maximum Gasteiger partial charge on any atom is 0.424 e. The fourth-order valence-corrected chi connectivity index (χ4v) is 5.27. The number of fused-ring (bicyclic) bond motifs is 2. The molecule has 2 unspecified atom stereocenters. The minimum atomic E-state index is -5.46. The summed E-state index contributed by atoms with van der Waals surface area (Å²) in [5.41, 5.74) is -1.90. The van der Waals surface area contributed by atoms with Gasteiger partial charge in [0.2, 0.25) is 11.5 Å². The summed E-state index contributed by atoms with van der Waals surface area (Å²) in [7, 11) is 0. The van der Waals surface area contributed by atoms with E-state index in [1.807, 2.05) is 0 Å². The smallest absolute Gasteiger partial charge is 0.424 e. The van der Waals surface area contributed by atoms with Gasteiger partial charge in [0.15, 0.2) is 0 Å². The third-order valence-corrected chi connectivity index (χ3v) is 8.36. The van der Waals surface area contributed by atoms with Gasteiger partial charge in [-0.15, -0.1) is 5.10 Å². The molecule has 4 N–H and O–H groups in total. The zero-order valence-electron chi connectivity index (χ0n) is 25.3. The molecule has 1 fully saturated rings. The third-order valence-electron chi connectivity index (χ3n) is 8.36. The molecule has 0 radical (unpaired) electrons. The van der Waals surface area contributed by atoms with E-state index in [-0.39, 0.29) is 40.0 Å². The molecule has 4 aromatic rings. The molecule has 2 aliphatic rings. The number of nitrogens with one attached hydrogen (secondary N) is 1. The minimum absolute atomic E-state index is 0.0860. The highest BCUT2D eigenvalue weighted by atomic mass is 19.4. The Labute approximate surface area is 268 Å². The molecule has 2 atom stereocenters. The number of hydrogen-bond donors (Lipinski definition) is 3. The monoisotopic (exact) mass is 675 g/mol. The first-order valence-corrected chi connectivity index (χ1v) is 14.6. The number of nitrogens with zero attached hydrogens (tertiary/aromatic N) is 3. The maximum atomic E-state index is 14.8. The number of amides is 2. The average molecular weight is 676 g/mol. The Kier molecular flexibility index (Phi) is 7.76. The van der Waals surface area contributed by atoms with Crippen LogP contribution in [0, 0.1) is 6.92 Å². The number of pyridine rings is 1. The first-order valence-electron chi connectivity index (χ1n) is 14.6. The van der Waals surface area contributed by atoms with E-state index in [0.29, 0.717) is 28.7 Å². The molecule has 1 aliphatic carbocycles. The second-order valence-electron chi connectivity index (χ2n) is 12.0. The van der Waals surface area contributed by atoms with Crippen molar-refractivity contribution in [3.05, 3.63) is 76.6 Å². The van der Waals surface area contributed by atoms with E-state index in [2.05, 4.69) is 20.5 Å². The van der Waals surface area contributed by atoms with Crippen LogP contribution in [0.15, 0.2) is 48.5 Å². The molecule has 2 aromatic carbocycles. The molecule has 3 heterocycles. The lowest BCUT2D eigenvalue weighted by Crippen LogP contribution is -2.51. The second-order valence-corrected chi connectivity index (χ2v) is 12.0. The lowest BCUT2D eigenvalue weighted by atomic mass is 9.81. The van der Waals surface area contributed by atoms with Crippen molar-refractivity contribution in [3.63, 3.8) is 0 Å². The van der Waals surface area contributed by atoms with Gasteiger partial charge in [0.25, 0.3) is 5.91 Å². The molecule has 2 amide bonds. The molecular weight excluding hydrogens is 648 g/mol. The van der Waals surface area contributed by atoms with Gasteiger partial charge in [0, 0.05) is 22.1 Å². The predicted molar refractivity (Wildman–Crippen MR) is 157 cm³/mol. The van der Waals surface area contributed by atoms with Gasteiger partial charge in [0.1, 0.15) is 34.7 Å². The van der Waals surface area contributed by atoms with Crippen LogP contribution in [-0.2, 0) is 22.0 Å². The molecule has 2 aromatic heterocycles. The van der Waals surface area contributed by atoms with E-state index in [9.17, 15) is 41.0 Å². The van der Waals surface area contributed by atoms with E-state index in [0.717, 1.165) is 31.0 Å². The molecule has 0 saturated heterocycles. The Morgan fingerprint density at radius 2 is 1.75 bits per heavy atom. The second kappa shape index (κ2) is 11.3. The van der Waals surface area contributed by atoms with E-state index in [1.165, 1.54) is 19.1 Å². The SMILES string of the molecule is Cc1cc2cc(C(=O)NCC(O)(c3cc4c(c(-c5ccc(C(F)(F)F)cc5)n3)OCC4(C)C(N)=O)C(F)(F)F)cc(OC3CC3)c2nn1. The summed E-state index contributed by atoms with van der Waals surface area (Å²) in [5, 5.41) is 22.0. The Balaban J connectivity index is 1.41. The number of nitrogens with two attached hydrogens (primary N) is 1. The zero-order valence-corrected chi connectivity index (χ0v) is 25.3. The van der Waals surface area contributed by atoms with Crippen LogP contribution in [0.2, 0.25) is 0 Å². The lowest BCUT2D eigenvalue weighted by Gasteiger charge is -2.31. The predicted octanol–water partition coefficient (Wildman–Crippen LogP) is 4.88. The number of hydrogen-bond acceptors (Lipinski definition) is 8. The Morgan fingerprint density at radius 3 is 2.35 bits per heavy atom. The molecule has 252 valence electrons. The summed E-state index contributed by atoms with van der Waals surface area (Å²) in [6.45, 7) is 1.13. The number of benzene rings is 2. The molecule has 6 rings (SSSR count). The first kappa shape index (κ1) is 32.9. The van der Waals surface area contributed by atoms with Crippen LogP contribution >= 0.6 is 0 Å². The number of aliphatic hydroxyl groups is 1. The van der Waals surface area contributed by atoms with Gasteiger partial charge in [-0.1, -0.05) is 12.1 Å². The summed E-state index contributed by atoms with van der Waals surface area (Å²) in [6.07, 6.45) is -8.72. The zero-order chi connectivity index (χ0) is 34.8. The number of aryl methyl sites for hydroxylation is 1. The summed E-state index contributed by atoms with van der Waals surface area (Å²) < 4.78 is 95.6. The largest absolute Gasteiger partial charge is 0.489 e. The van der Waals surface area contributed by atoms with Crippen molar-refractivity contribution in [2.75, 3.05) is 13.2 Å². The summed E-state index contributed by atoms with van der Waals surface area (Å²) >= 11 is 0. The van der Waals surface area contributed by atoms with Crippen LogP contribution < -0.4 is 20.5 Å². The number of rotatable bonds is 8. The Hall–Kier alpha value is -4.99. The number of ether oxygens (including phenoxy) is 2. The highest BCUT2D eigenvalue weighted by Crippen LogP contribution is 2.48. The van der Waals surface area contributed by atoms with E-state index in [1.54, 1.807) is 13.0 Å². The molecule has 48 heavy (non-hydrogen) atoms. The molecule has 10 nitrogen and oxygen atoms in total. The number of primary amides is 1. The molecule has 0 bridgehead atoms. The standard InChI is InChI=1S/C32H27F6N5O5/c1-15-9-17-10-18(11-22(24(17)43-42-15)48-20-7-8-20)27(44)40-13-30(46,32(36,37)38)23-12-21-26(47-14-29(21,2)28(39)45)25(41-23)16-3-5-19(6-4-16)31(33,34)35/h3-6,9-12,20,46H,7-8,13-14H2,1-2H3,(H2,39,45)(H,40,44). The van der Waals surface area contributed by atoms with Crippen LogP contribution in [-0.4, -0.2) is 57.5 Å². The van der Waals surface area contributed by atoms with Crippen molar-refractivity contribution in [1.82, 2.24) is 20.5 Å². The number of carbonyl (C=O) groups excluding carboxylic acids is 2. The quantitative estimate of drug-likeness (QED) is 0.224. The maximum absolute atomic E-state index is 14.8. The Morgan fingerprint density at radius 1 is 1.06 bits per heavy atom. The summed E-state index contributed by atoms with van der Waals surface area (Å²) in [5.74, 6) is -1.94. The Bertz CT molecular complexity index is 1950. The number of halogens is 6. The van der Waals surface area contributed by atoms with Crippen LogP contribution in [0.25, 0.3) is 22.2 Å². The van der Waals surface area contributed by atoms with Crippen molar-refractivity contribution in [2.24, 2.45) is 5.73 Å². The molecular formula is C32H27F6N5O5. The van der Waals surface area contributed by atoms with Crippen molar-refractivity contribution in [1.29, 1.82) is 0 Å². The van der Waals surface area contributed by atoms with Crippen LogP contribution in [0.1, 0.15) is 52.6 Å². The highest BCUT2D eigenvalue weighted by Gasteiger charge is 2.57. The molecule has 0 spiro atoms. The first-order chi connectivity index (χ1) is 22.4. The van der Waals surface area contributed by atoms with E-state index in [4.69, 9.17) is 15.2 Å². The van der Waals surface area contributed by atoms with Crippen LogP contribution in [0.5, 0.6) is 11.5 Å². The number of alkyl halides is 6. The van der Waals surface area contributed by atoms with Gasteiger partial charge in [-0.05, 0) is 63.1 Å². The summed E-state index contributed by atoms with van der Waals surface area (Å²) in [6, 6.07) is 8.49. The number of carbonyl (C=O) groups is 2. The fraction of sp³-hybridized carbons (Fsp3) is 0.344. The number of aromatic nitrogens is 3. The van der Waals surface area contributed by atoms with Crippen molar-refractivity contribution in [2.45, 2.75) is 56.2 Å². The topological polar surface area (TPSA) is 150 Å². The summed E-state index contributed by atoms with van der Waals surface area (Å²) in [4.78, 5) is 29.8. The normalized spacial score (nSPS) is 18.9. The van der Waals surface area contributed by atoms with E-state index >= 15 is 0 Å². The minimum Gasteiger partial charge on any atom is -0.489 e. The van der Waals surface area contributed by atoms with Crippen LogP contribution in [0.3, 0.4) is 0 Å². The average Bonchev–Trinajstić information content (AvgIpc) is 3.77. The van der Waals surface area contributed by atoms with E-state index < -0.39 is 59.6 Å². The van der Waals surface area contributed by atoms with Crippen molar-refractivity contribution >= 4 is 22.7 Å².